The van der Waals surface area contributed by atoms with Gasteiger partial charge < -0.3 is 28.5 Å². The van der Waals surface area contributed by atoms with Gasteiger partial charge in [0.15, 0.2) is 6.10 Å². The zero-order valence-electron chi connectivity index (χ0n) is 55.1. The Morgan fingerprint density at radius 3 is 1.04 bits per heavy atom. The predicted octanol–water partition coefficient (Wildman–Crippen LogP) is 21.7. The number of allylic oxidation sites excluding steroid dienone is 12. The average Bonchev–Trinajstić information content (AvgIpc) is 3.46. The Kier molecular flexibility index (Phi) is 62.2. The number of hydrogen-bond acceptors (Lipinski definition) is 7. The van der Waals surface area contributed by atoms with E-state index >= 15 is 0 Å². The van der Waals surface area contributed by atoms with Crippen molar-refractivity contribution in [2.24, 2.45) is 0 Å². The van der Waals surface area contributed by atoms with Crippen molar-refractivity contribution in [2.75, 3.05) is 47.5 Å². The molecule has 0 amide bonds. The topological polar surface area (TPSA) is 108 Å². The third-order valence-corrected chi connectivity index (χ3v) is 15.4. The molecule has 0 radical (unpaired) electrons. The summed E-state index contributed by atoms with van der Waals surface area (Å²) in [6.45, 7) is 4.79. The molecule has 9 nitrogen and oxygen atoms in total. The minimum atomic E-state index is -1.51. The molecular weight excluding hydrogens is 1030 g/mol. The van der Waals surface area contributed by atoms with Crippen LogP contribution in [0, 0.1) is 0 Å². The molecule has 0 aliphatic heterocycles. The maximum absolute atomic E-state index is 12.9. The molecule has 0 spiro atoms. The van der Waals surface area contributed by atoms with E-state index in [1.807, 2.05) is 21.1 Å². The van der Waals surface area contributed by atoms with Gasteiger partial charge in [0, 0.05) is 12.8 Å². The third-order valence-electron chi connectivity index (χ3n) is 15.4. The van der Waals surface area contributed by atoms with Gasteiger partial charge >= 0.3 is 17.9 Å². The molecule has 9 heteroatoms. The van der Waals surface area contributed by atoms with Gasteiger partial charge in [-0.05, 0) is 83.5 Å². The van der Waals surface area contributed by atoms with E-state index in [4.69, 9.17) is 18.9 Å². The van der Waals surface area contributed by atoms with Gasteiger partial charge in [0.1, 0.15) is 13.2 Å². The number of ether oxygens (including phenoxy) is 4. The number of likely N-dealkylation sites (N-methyl/N-ethyl adjacent to an activating group) is 1. The van der Waals surface area contributed by atoms with Gasteiger partial charge in [-0.3, -0.25) is 9.59 Å². The molecule has 0 aromatic heterocycles. The van der Waals surface area contributed by atoms with Crippen molar-refractivity contribution >= 4 is 17.9 Å². The first kappa shape index (κ1) is 79.7. The van der Waals surface area contributed by atoms with Crippen LogP contribution in [0.25, 0.3) is 0 Å². The molecule has 0 aliphatic rings. The molecule has 0 rings (SSSR count). The Balaban J connectivity index is 3.95. The van der Waals surface area contributed by atoms with Crippen molar-refractivity contribution in [3.63, 3.8) is 0 Å². The molecule has 0 fully saturated rings. The number of esters is 2. The molecule has 2 unspecified atom stereocenters. The second-order valence-corrected chi connectivity index (χ2v) is 24.8. The molecule has 0 saturated carbocycles. The van der Waals surface area contributed by atoms with Crippen molar-refractivity contribution in [1.29, 1.82) is 0 Å². The van der Waals surface area contributed by atoms with Crippen LogP contribution in [0.1, 0.15) is 322 Å². The lowest BCUT2D eigenvalue weighted by molar-refractivity contribution is -0.870. The minimum Gasteiger partial charge on any atom is -0.477 e. The van der Waals surface area contributed by atoms with Gasteiger partial charge in [-0.1, -0.05) is 299 Å². The largest absolute Gasteiger partial charge is 0.477 e. The van der Waals surface area contributed by atoms with Crippen LogP contribution in [0.2, 0.25) is 0 Å². The number of hydrogen-bond donors (Lipinski definition) is 1. The third kappa shape index (κ3) is 66.1. The summed E-state index contributed by atoms with van der Waals surface area (Å²) < 4.78 is 23.0. The summed E-state index contributed by atoms with van der Waals surface area (Å²) >= 11 is 0. The van der Waals surface area contributed by atoms with Crippen molar-refractivity contribution in [1.82, 2.24) is 0 Å². The van der Waals surface area contributed by atoms with Crippen LogP contribution in [-0.2, 0) is 33.3 Å². The van der Waals surface area contributed by atoms with E-state index in [1.54, 1.807) is 0 Å². The molecule has 0 saturated heterocycles. The number of unbranched alkanes of at least 4 members (excludes halogenated alkanes) is 38. The van der Waals surface area contributed by atoms with E-state index in [-0.39, 0.29) is 38.2 Å². The Bertz CT molecular complexity index is 1590. The predicted molar refractivity (Wildman–Crippen MR) is 355 cm³/mol. The highest BCUT2D eigenvalue weighted by molar-refractivity contribution is 5.71. The summed E-state index contributed by atoms with van der Waals surface area (Å²) in [6.07, 6.45) is 83.2. The molecule has 0 bridgehead atoms. The molecule has 0 aliphatic carbocycles. The summed E-state index contributed by atoms with van der Waals surface area (Å²) in [5, 5.41) is 9.73. The van der Waals surface area contributed by atoms with Gasteiger partial charge in [0.25, 0.3) is 6.29 Å². The highest BCUT2D eigenvalue weighted by atomic mass is 16.7. The van der Waals surface area contributed by atoms with Crippen molar-refractivity contribution in [3.8, 4) is 0 Å². The zero-order chi connectivity index (χ0) is 60.5. The fourth-order valence-corrected chi connectivity index (χ4v) is 10.1. The Morgan fingerprint density at radius 2 is 0.687 bits per heavy atom. The lowest BCUT2D eigenvalue weighted by Crippen LogP contribution is -2.40. The molecule has 2 atom stereocenters. The summed E-state index contributed by atoms with van der Waals surface area (Å²) in [6, 6.07) is 0. The summed E-state index contributed by atoms with van der Waals surface area (Å²) in [5.74, 6) is -1.99. The SMILES string of the molecule is CC/C=C\C/C=C\C/C=C\C/C=C\C/C=C\CCCCCCCCCCCCCCCCCCCCCCCCCCCC(=O)OC(COC(=O)CCCCCCCCC/C=C\CCCCCCCC)COC(OCC[N+](C)(C)C)C(=O)O. The van der Waals surface area contributed by atoms with Crippen LogP contribution >= 0.6 is 0 Å². The normalized spacial score (nSPS) is 13.1. The lowest BCUT2D eigenvalue weighted by atomic mass is 10.0. The van der Waals surface area contributed by atoms with Gasteiger partial charge in [-0.2, -0.15) is 0 Å². The second-order valence-electron chi connectivity index (χ2n) is 24.8. The molecule has 1 N–H and O–H groups in total. The van der Waals surface area contributed by atoms with Crippen LogP contribution in [-0.4, -0.2) is 87.4 Å². The first-order valence-corrected chi connectivity index (χ1v) is 35.1. The Hall–Kier alpha value is -3.27. The average molecular weight is 1170 g/mol. The van der Waals surface area contributed by atoms with Crippen LogP contribution < -0.4 is 0 Å². The van der Waals surface area contributed by atoms with E-state index < -0.39 is 18.4 Å². The number of rotatable bonds is 65. The van der Waals surface area contributed by atoms with E-state index in [2.05, 4.69) is 86.8 Å². The maximum atomic E-state index is 12.9. The van der Waals surface area contributed by atoms with Gasteiger partial charge in [0.2, 0.25) is 0 Å². The molecule has 0 aromatic rings. The first-order chi connectivity index (χ1) is 40.6. The number of aliphatic carboxylic acids is 1. The van der Waals surface area contributed by atoms with Gasteiger partial charge in [0.05, 0.1) is 34.4 Å². The highest BCUT2D eigenvalue weighted by Crippen LogP contribution is 2.18. The van der Waals surface area contributed by atoms with E-state index in [9.17, 15) is 19.5 Å². The number of quaternary nitrogens is 1. The van der Waals surface area contributed by atoms with Crippen LogP contribution in [0.5, 0.6) is 0 Å². The molecule has 0 heterocycles. The van der Waals surface area contributed by atoms with Crippen LogP contribution in [0.15, 0.2) is 72.9 Å². The number of carbonyl (C=O) groups is 3. The molecule has 482 valence electrons. The highest BCUT2D eigenvalue weighted by Gasteiger charge is 2.25. The Labute approximate surface area is 513 Å². The van der Waals surface area contributed by atoms with Gasteiger partial charge in [-0.15, -0.1) is 0 Å². The number of carboxylic acid groups (broad SMARTS) is 1. The summed E-state index contributed by atoms with van der Waals surface area (Å²) in [7, 11) is 5.98. The molecule has 0 aromatic carbocycles. The Morgan fingerprint density at radius 1 is 0.373 bits per heavy atom. The summed E-state index contributed by atoms with van der Waals surface area (Å²) in [5.41, 5.74) is 0. The number of carbonyl (C=O) groups excluding carboxylic acids is 2. The summed E-state index contributed by atoms with van der Waals surface area (Å²) in [4.78, 5) is 37.5. The van der Waals surface area contributed by atoms with Gasteiger partial charge in [-0.25, -0.2) is 4.79 Å². The van der Waals surface area contributed by atoms with Crippen LogP contribution in [0.3, 0.4) is 0 Å². The maximum Gasteiger partial charge on any atom is 0.361 e. The zero-order valence-corrected chi connectivity index (χ0v) is 55.1. The minimum absolute atomic E-state index is 0.181. The second kappa shape index (κ2) is 64.7. The van der Waals surface area contributed by atoms with Crippen molar-refractivity contribution in [2.45, 2.75) is 334 Å². The lowest BCUT2D eigenvalue weighted by Gasteiger charge is -2.25. The van der Waals surface area contributed by atoms with Crippen LogP contribution in [0.4, 0.5) is 0 Å². The van der Waals surface area contributed by atoms with E-state index in [0.717, 1.165) is 70.6 Å². The monoisotopic (exact) mass is 1170 g/mol. The number of nitrogens with zero attached hydrogens (tertiary/aromatic N) is 1. The van der Waals surface area contributed by atoms with E-state index in [0.29, 0.717) is 17.4 Å². The fraction of sp³-hybridized carbons (Fsp3) is 0.797. The molecular formula is C74H134NO8+. The van der Waals surface area contributed by atoms with E-state index in [1.165, 1.54) is 225 Å². The smallest absolute Gasteiger partial charge is 0.361 e. The van der Waals surface area contributed by atoms with Crippen molar-refractivity contribution in [3.05, 3.63) is 72.9 Å². The van der Waals surface area contributed by atoms with Crippen molar-refractivity contribution < 1.29 is 42.9 Å². The standard InChI is InChI=1S/C74H133NO8/c1-6-8-10-12-14-16-18-20-22-24-25-26-27-28-29-30-31-32-33-34-35-36-37-38-39-40-41-42-43-44-45-46-47-49-51-53-55-57-59-61-63-65-72(77)83-70(69-82-74(73(78)79)80-67-66-75(3,4)5)68-81-71(76)64-62-60-58-56-54-52-50-48-23-21-19-17-15-13-11-9-7-2/h8,10,14,16,20-23,25-26,28-29,70,74H,6-7,9,11-13,15,17-19,24,27,30-69H2,1-5H3/p+1/b10-8-,16-14-,22-20-,23-21-,26-25-,29-28-. The fourth-order valence-electron chi connectivity index (χ4n) is 10.1. The first-order valence-electron chi connectivity index (χ1n) is 35.1. The number of carboxylic acids is 1. The molecule has 83 heavy (non-hydrogen) atoms. The quantitative estimate of drug-likeness (QED) is 0.0211.